The summed E-state index contributed by atoms with van der Waals surface area (Å²) >= 11 is 1.76. The molecule has 0 aliphatic heterocycles. The summed E-state index contributed by atoms with van der Waals surface area (Å²) in [6.07, 6.45) is 0.916. The van der Waals surface area contributed by atoms with Gasteiger partial charge in [-0.3, -0.25) is 4.98 Å². The highest BCUT2D eigenvalue weighted by Crippen LogP contribution is 2.30. The Morgan fingerprint density at radius 2 is 2.22 bits per heavy atom. The van der Waals surface area contributed by atoms with Crippen LogP contribution in [0.4, 0.5) is 11.5 Å². The fourth-order valence-electron chi connectivity index (χ4n) is 2.62. The summed E-state index contributed by atoms with van der Waals surface area (Å²) in [5, 5.41) is 8.99. The maximum absolute atomic E-state index is 5.59. The third kappa shape index (κ3) is 3.33. The number of fused-ring (bicyclic) bond motifs is 1. The van der Waals surface area contributed by atoms with Crippen molar-refractivity contribution in [3.63, 3.8) is 0 Å². The number of hydrogen-bond acceptors (Lipinski definition) is 5. The van der Waals surface area contributed by atoms with E-state index in [1.807, 2.05) is 0 Å². The van der Waals surface area contributed by atoms with Gasteiger partial charge in [0.05, 0.1) is 16.7 Å². The first-order chi connectivity index (χ1) is 11.2. The van der Waals surface area contributed by atoms with Crippen LogP contribution < -0.4 is 16.4 Å². The first-order valence-electron chi connectivity index (χ1n) is 7.95. The second-order valence-electron chi connectivity index (χ2n) is 5.51. The number of rotatable bonds is 7. The Balaban J connectivity index is 1.97. The maximum atomic E-state index is 5.59. The number of nitrogens with one attached hydrogen (secondary N) is 3. The SMILES string of the molecule is CCc1cc(NCc2cccs2)c2[nH]c(NCCN)c(C)c2n1. The fourth-order valence-corrected chi connectivity index (χ4v) is 3.27. The lowest BCUT2D eigenvalue weighted by Gasteiger charge is -2.08. The van der Waals surface area contributed by atoms with Gasteiger partial charge in [-0.15, -0.1) is 11.3 Å². The van der Waals surface area contributed by atoms with E-state index in [1.54, 1.807) is 11.3 Å². The molecule has 0 bridgehead atoms. The van der Waals surface area contributed by atoms with E-state index in [2.05, 4.69) is 53.0 Å². The molecule has 5 N–H and O–H groups in total. The summed E-state index contributed by atoms with van der Waals surface area (Å²) in [6.45, 7) is 6.39. The van der Waals surface area contributed by atoms with Crippen molar-refractivity contribution in [1.29, 1.82) is 0 Å². The lowest BCUT2D eigenvalue weighted by atomic mass is 10.2. The number of aromatic amines is 1. The van der Waals surface area contributed by atoms with Gasteiger partial charge in [-0.05, 0) is 30.9 Å². The largest absolute Gasteiger partial charge is 0.378 e. The van der Waals surface area contributed by atoms with Gasteiger partial charge in [0.2, 0.25) is 0 Å². The Kier molecular flexibility index (Phi) is 4.83. The molecule has 3 aromatic rings. The van der Waals surface area contributed by atoms with Gasteiger partial charge in [-0.1, -0.05) is 13.0 Å². The van der Waals surface area contributed by atoms with Crippen LogP contribution >= 0.6 is 11.3 Å². The van der Waals surface area contributed by atoms with Gasteiger partial charge in [0, 0.05) is 35.8 Å². The molecule has 0 saturated carbocycles. The average Bonchev–Trinajstić information content (AvgIpc) is 3.19. The molecule has 0 fully saturated rings. The molecule has 0 amide bonds. The molecule has 6 heteroatoms. The molecule has 5 nitrogen and oxygen atoms in total. The predicted molar refractivity (Wildman–Crippen MR) is 99.4 cm³/mol. The zero-order chi connectivity index (χ0) is 16.2. The van der Waals surface area contributed by atoms with E-state index in [0.29, 0.717) is 6.54 Å². The van der Waals surface area contributed by atoms with Gasteiger partial charge in [0.25, 0.3) is 0 Å². The van der Waals surface area contributed by atoms with Crippen molar-refractivity contribution in [2.24, 2.45) is 5.73 Å². The van der Waals surface area contributed by atoms with Crippen LogP contribution in [0.25, 0.3) is 11.0 Å². The molecular formula is C17H23N5S. The number of H-pyrrole nitrogens is 1. The summed E-state index contributed by atoms with van der Waals surface area (Å²) in [4.78, 5) is 9.57. The summed E-state index contributed by atoms with van der Waals surface area (Å²) in [7, 11) is 0. The molecule has 0 aromatic carbocycles. The summed E-state index contributed by atoms with van der Waals surface area (Å²) in [5.74, 6) is 1.00. The Bertz CT molecular complexity index is 776. The highest BCUT2D eigenvalue weighted by atomic mass is 32.1. The predicted octanol–water partition coefficient (Wildman–Crippen LogP) is 3.48. The highest BCUT2D eigenvalue weighted by molar-refractivity contribution is 7.09. The Morgan fingerprint density at radius 3 is 2.91 bits per heavy atom. The normalized spacial score (nSPS) is 11.1. The van der Waals surface area contributed by atoms with Crippen LogP contribution in [0.5, 0.6) is 0 Å². The van der Waals surface area contributed by atoms with Crippen LogP contribution in [-0.4, -0.2) is 23.1 Å². The second-order valence-corrected chi connectivity index (χ2v) is 6.54. The number of aromatic nitrogens is 2. The van der Waals surface area contributed by atoms with E-state index in [0.717, 1.165) is 53.3 Å². The van der Waals surface area contributed by atoms with Crippen LogP contribution in [-0.2, 0) is 13.0 Å². The van der Waals surface area contributed by atoms with Crippen LogP contribution in [0.15, 0.2) is 23.6 Å². The van der Waals surface area contributed by atoms with E-state index in [1.165, 1.54) is 4.88 Å². The molecule has 23 heavy (non-hydrogen) atoms. The molecule has 0 saturated heterocycles. The quantitative estimate of drug-likeness (QED) is 0.535. The summed E-state index contributed by atoms with van der Waals surface area (Å²) < 4.78 is 0. The molecule has 3 rings (SSSR count). The molecule has 0 unspecified atom stereocenters. The molecule has 3 aromatic heterocycles. The molecule has 3 heterocycles. The van der Waals surface area contributed by atoms with Crippen molar-refractivity contribution in [1.82, 2.24) is 9.97 Å². The van der Waals surface area contributed by atoms with Gasteiger partial charge in [-0.2, -0.15) is 0 Å². The number of hydrogen-bond donors (Lipinski definition) is 4. The minimum Gasteiger partial charge on any atom is -0.378 e. The highest BCUT2D eigenvalue weighted by Gasteiger charge is 2.13. The van der Waals surface area contributed by atoms with Gasteiger partial charge >= 0.3 is 0 Å². The van der Waals surface area contributed by atoms with Crippen molar-refractivity contribution >= 4 is 33.9 Å². The van der Waals surface area contributed by atoms with E-state index in [-0.39, 0.29) is 0 Å². The van der Waals surface area contributed by atoms with Crippen molar-refractivity contribution in [3.8, 4) is 0 Å². The monoisotopic (exact) mass is 329 g/mol. The maximum Gasteiger partial charge on any atom is 0.109 e. The molecule has 0 radical (unpaired) electrons. The third-order valence-corrected chi connectivity index (χ3v) is 4.77. The van der Waals surface area contributed by atoms with Crippen molar-refractivity contribution < 1.29 is 0 Å². The summed E-state index contributed by atoms with van der Waals surface area (Å²) in [6, 6.07) is 6.36. The average molecular weight is 329 g/mol. The van der Waals surface area contributed by atoms with Crippen LogP contribution in [0, 0.1) is 6.92 Å². The number of nitrogens with zero attached hydrogens (tertiary/aromatic N) is 1. The zero-order valence-corrected chi connectivity index (χ0v) is 14.4. The van der Waals surface area contributed by atoms with Crippen LogP contribution in [0.3, 0.4) is 0 Å². The molecule has 122 valence electrons. The minimum atomic E-state index is 0.603. The molecule has 0 atom stereocenters. The lowest BCUT2D eigenvalue weighted by Crippen LogP contribution is -2.13. The standard InChI is InChI=1S/C17H23N5S/c1-3-12-9-14(20-10-13-5-4-8-23-13)16-15(21-12)11(2)17(22-16)19-7-6-18/h4-5,8-9,19,22H,3,6-7,10,18H2,1-2H3,(H,20,21). The fraction of sp³-hybridized carbons (Fsp3) is 0.353. The van der Waals surface area contributed by atoms with Gasteiger partial charge in [0.15, 0.2) is 0 Å². The molecule has 0 aliphatic rings. The van der Waals surface area contributed by atoms with E-state index >= 15 is 0 Å². The van der Waals surface area contributed by atoms with Crippen molar-refractivity contribution in [3.05, 3.63) is 39.7 Å². The molecule has 0 aliphatic carbocycles. The summed E-state index contributed by atoms with van der Waals surface area (Å²) in [5.41, 5.74) is 11.0. The third-order valence-electron chi connectivity index (χ3n) is 3.89. The lowest BCUT2D eigenvalue weighted by molar-refractivity contribution is 1.01. The zero-order valence-electron chi connectivity index (χ0n) is 13.6. The Morgan fingerprint density at radius 1 is 1.35 bits per heavy atom. The Hall–Kier alpha value is -2.05. The van der Waals surface area contributed by atoms with Crippen molar-refractivity contribution in [2.45, 2.75) is 26.8 Å². The van der Waals surface area contributed by atoms with Crippen LogP contribution in [0.1, 0.15) is 23.1 Å². The van der Waals surface area contributed by atoms with Crippen LogP contribution in [0.2, 0.25) is 0 Å². The number of pyridine rings is 1. The van der Waals surface area contributed by atoms with E-state index in [9.17, 15) is 0 Å². The number of thiophene rings is 1. The number of aryl methyl sites for hydroxylation is 2. The first kappa shape index (κ1) is 15.8. The van der Waals surface area contributed by atoms with Gasteiger partial charge < -0.3 is 21.4 Å². The van der Waals surface area contributed by atoms with E-state index in [4.69, 9.17) is 10.7 Å². The van der Waals surface area contributed by atoms with E-state index < -0.39 is 0 Å². The molecule has 0 spiro atoms. The second kappa shape index (κ2) is 7.02. The van der Waals surface area contributed by atoms with Crippen molar-refractivity contribution in [2.75, 3.05) is 23.7 Å². The minimum absolute atomic E-state index is 0.603. The Labute approximate surface area is 140 Å². The first-order valence-corrected chi connectivity index (χ1v) is 8.83. The number of nitrogens with two attached hydrogens (primary N) is 1. The van der Waals surface area contributed by atoms with Gasteiger partial charge in [0.1, 0.15) is 5.82 Å². The topological polar surface area (TPSA) is 78.8 Å². The van der Waals surface area contributed by atoms with Gasteiger partial charge in [-0.25, -0.2) is 0 Å². The molecular weight excluding hydrogens is 306 g/mol. The smallest absolute Gasteiger partial charge is 0.109 e. The number of anilines is 2.